The van der Waals surface area contributed by atoms with Crippen molar-refractivity contribution < 1.29 is 5.11 Å². The van der Waals surface area contributed by atoms with Crippen LogP contribution in [-0.2, 0) is 0 Å². The summed E-state index contributed by atoms with van der Waals surface area (Å²) in [5, 5.41) is 9.14. The summed E-state index contributed by atoms with van der Waals surface area (Å²) in [5.74, 6) is 0.921. The fourth-order valence-corrected chi connectivity index (χ4v) is 1.93. The third-order valence-corrected chi connectivity index (χ3v) is 3.18. The van der Waals surface area contributed by atoms with Crippen LogP contribution in [0.25, 0.3) is 0 Å². The molecule has 3 N–H and O–H groups in total. The maximum atomic E-state index is 9.14. The molecule has 0 saturated heterocycles. The van der Waals surface area contributed by atoms with E-state index in [1.54, 1.807) is 0 Å². The molecule has 14 heavy (non-hydrogen) atoms. The van der Waals surface area contributed by atoms with Crippen molar-refractivity contribution in [3.05, 3.63) is 0 Å². The van der Waals surface area contributed by atoms with E-state index in [1.165, 1.54) is 32.2 Å². The van der Waals surface area contributed by atoms with E-state index >= 15 is 0 Å². The van der Waals surface area contributed by atoms with Gasteiger partial charge in [-0.15, -0.1) is 0 Å². The molecule has 2 aliphatic rings. The Labute approximate surface area is 86.3 Å². The van der Waals surface area contributed by atoms with E-state index in [0.717, 1.165) is 18.5 Å². The molecule has 0 aliphatic heterocycles. The normalized spacial score (nSPS) is 26.6. The average molecular weight is 198 g/mol. The van der Waals surface area contributed by atoms with E-state index in [1.807, 2.05) is 6.92 Å². The highest BCUT2D eigenvalue weighted by atomic mass is 16.3. The fourth-order valence-electron chi connectivity index (χ4n) is 1.93. The highest BCUT2D eigenvalue weighted by Crippen LogP contribution is 2.35. The van der Waals surface area contributed by atoms with Crippen LogP contribution in [0.15, 0.2) is 0 Å². The van der Waals surface area contributed by atoms with E-state index in [2.05, 4.69) is 4.90 Å². The van der Waals surface area contributed by atoms with Crippen molar-refractivity contribution in [2.45, 2.75) is 44.2 Å². The van der Waals surface area contributed by atoms with Crippen LogP contribution >= 0.6 is 0 Å². The standard InChI is InChI=1S/C11H22N2O/c1-11(12,8-14)7-13(10-4-5-10)6-9-2-3-9/h9-10,14H,2-8,12H2,1H3. The molecule has 2 fully saturated rings. The topological polar surface area (TPSA) is 49.5 Å². The van der Waals surface area contributed by atoms with Crippen LogP contribution in [0.4, 0.5) is 0 Å². The summed E-state index contributed by atoms with van der Waals surface area (Å²) in [5.41, 5.74) is 5.57. The van der Waals surface area contributed by atoms with Crippen LogP contribution in [0, 0.1) is 5.92 Å². The molecule has 0 heterocycles. The first-order valence-corrected chi connectivity index (χ1v) is 5.74. The van der Waals surface area contributed by atoms with E-state index in [4.69, 9.17) is 10.8 Å². The van der Waals surface area contributed by atoms with Crippen molar-refractivity contribution in [1.29, 1.82) is 0 Å². The van der Waals surface area contributed by atoms with Crippen molar-refractivity contribution in [3.63, 3.8) is 0 Å². The maximum Gasteiger partial charge on any atom is 0.0621 e. The highest BCUT2D eigenvalue weighted by molar-refractivity contribution is 4.93. The van der Waals surface area contributed by atoms with Gasteiger partial charge in [0.25, 0.3) is 0 Å². The molecule has 0 aromatic rings. The van der Waals surface area contributed by atoms with Crippen LogP contribution in [0.2, 0.25) is 0 Å². The number of nitrogens with zero attached hydrogens (tertiary/aromatic N) is 1. The summed E-state index contributed by atoms with van der Waals surface area (Å²) in [6, 6.07) is 0.769. The van der Waals surface area contributed by atoms with E-state index < -0.39 is 5.54 Å². The first-order chi connectivity index (χ1) is 6.61. The van der Waals surface area contributed by atoms with Crippen LogP contribution in [-0.4, -0.2) is 41.3 Å². The van der Waals surface area contributed by atoms with Gasteiger partial charge in [0.2, 0.25) is 0 Å². The lowest BCUT2D eigenvalue weighted by Crippen LogP contribution is -2.51. The molecule has 0 bridgehead atoms. The molecule has 0 aromatic heterocycles. The number of nitrogens with two attached hydrogens (primary N) is 1. The molecule has 2 saturated carbocycles. The van der Waals surface area contributed by atoms with Gasteiger partial charge in [-0.2, -0.15) is 0 Å². The van der Waals surface area contributed by atoms with Gasteiger partial charge in [-0.1, -0.05) is 0 Å². The molecule has 3 heteroatoms. The molecule has 2 rings (SSSR count). The third-order valence-electron chi connectivity index (χ3n) is 3.18. The second-order valence-corrected chi connectivity index (χ2v) is 5.42. The number of rotatable bonds is 6. The minimum atomic E-state index is -0.419. The van der Waals surface area contributed by atoms with Gasteiger partial charge in [-0.05, 0) is 38.5 Å². The highest BCUT2D eigenvalue weighted by Gasteiger charge is 2.36. The Morgan fingerprint density at radius 3 is 2.43 bits per heavy atom. The van der Waals surface area contributed by atoms with Gasteiger partial charge in [0.1, 0.15) is 0 Å². The predicted octanol–water partition coefficient (Wildman–Crippen LogP) is 0.570. The van der Waals surface area contributed by atoms with Crippen molar-refractivity contribution in [1.82, 2.24) is 4.90 Å². The van der Waals surface area contributed by atoms with Crippen molar-refractivity contribution in [3.8, 4) is 0 Å². The van der Waals surface area contributed by atoms with Crippen LogP contribution in [0.3, 0.4) is 0 Å². The number of aliphatic hydroxyl groups excluding tert-OH is 1. The van der Waals surface area contributed by atoms with Gasteiger partial charge in [-0.25, -0.2) is 0 Å². The summed E-state index contributed by atoms with van der Waals surface area (Å²) in [4.78, 5) is 2.49. The van der Waals surface area contributed by atoms with Crippen molar-refractivity contribution in [2.24, 2.45) is 11.7 Å². The van der Waals surface area contributed by atoms with Gasteiger partial charge < -0.3 is 10.8 Å². The number of aliphatic hydroxyl groups is 1. The molecule has 0 spiro atoms. The molecular formula is C11H22N2O. The third kappa shape index (κ3) is 2.94. The molecule has 0 radical (unpaired) electrons. The second-order valence-electron chi connectivity index (χ2n) is 5.42. The molecule has 82 valence electrons. The lowest BCUT2D eigenvalue weighted by molar-refractivity contribution is 0.139. The van der Waals surface area contributed by atoms with Crippen molar-refractivity contribution in [2.75, 3.05) is 19.7 Å². The SMILES string of the molecule is CC(N)(CO)CN(CC1CC1)C1CC1. The lowest BCUT2D eigenvalue weighted by atomic mass is 10.0. The zero-order chi connectivity index (χ0) is 10.2. The Kier molecular flexibility index (Phi) is 2.82. The van der Waals surface area contributed by atoms with Crippen LogP contribution in [0.5, 0.6) is 0 Å². The smallest absolute Gasteiger partial charge is 0.0621 e. The first kappa shape index (κ1) is 10.4. The van der Waals surface area contributed by atoms with Crippen LogP contribution in [0.1, 0.15) is 32.6 Å². The maximum absolute atomic E-state index is 9.14. The molecule has 1 unspecified atom stereocenters. The minimum Gasteiger partial charge on any atom is -0.394 e. The van der Waals surface area contributed by atoms with Gasteiger partial charge in [0.15, 0.2) is 0 Å². The Morgan fingerprint density at radius 2 is 2.00 bits per heavy atom. The Morgan fingerprint density at radius 1 is 1.36 bits per heavy atom. The average Bonchev–Trinajstić information content (AvgIpc) is 2.97. The van der Waals surface area contributed by atoms with Gasteiger partial charge in [0.05, 0.1) is 6.61 Å². The molecule has 0 amide bonds. The summed E-state index contributed by atoms with van der Waals surface area (Å²) < 4.78 is 0. The van der Waals surface area contributed by atoms with E-state index in [9.17, 15) is 0 Å². The summed E-state index contributed by atoms with van der Waals surface area (Å²) >= 11 is 0. The summed E-state index contributed by atoms with van der Waals surface area (Å²) in [6.45, 7) is 4.08. The second kappa shape index (κ2) is 3.80. The zero-order valence-corrected chi connectivity index (χ0v) is 9.08. The predicted molar refractivity (Wildman–Crippen MR) is 57.0 cm³/mol. The van der Waals surface area contributed by atoms with Gasteiger partial charge in [0, 0.05) is 24.7 Å². The molecule has 3 nitrogen and oxygen atoms in total. The monoisotopic (exact) mass is 198 g/mol. The molecular weight excluding hydrogens is 176 g/mol. The summed E-state index contributed by atoms with van der Waals surface area (Å²) in [6.07, 6.45) is 5.44. The quantitative estimate of drug-likeness (QED) is 0.656. The number of hydrogen-bond donors (Lipinski definition) is 2. The summed E-state index contributed by atoms with van der Waals surface area (Å²) in [7, 11) is 0. The molecule has 0 aromatic carbocycles. The first-order valence-electron chi connectivity index (χ1n) is 5.74. The zero-order valence-electron chi connectivity index (χ0n) is 9.08. The Balaban J connectivity index is 1.82. The molecule has 1 atom stereocenters. The fraction of sp³-hybridized carbons (Fsp3) is 1.00. The minimum absolute atomic E-state index is 0.0842. The Hall–Kier alpha value is -0.120. The molecule has 2 aliphatic carbocycles. The van der Waals surface area contributed by atoms with Gasteiger partial charge >= 0.3 is 0 Å². The Bertz CT molecular complexity index is 197. The largest absolute Gasteiger partial charge is 0.394 e. The van der Waals surface area contributed by atoms with Gasteiger partial charge in [-0.3, -0.25) is 4.90 Å². The lowest BCUT2D eigenvalue weighted by Gasteiger charge is -2.31. The number of hydrogen-bond acceptors (Lipinski definition) is 3. The van der Waals surface area contributed by atoms with E-state index in [0.29, 0.717) is 0 Å². The van der Waals surface area contributed by atoms with E-state index in [-0.39, 0.29) is 6.61 Å². The van der Waals surface area contributed by atoms with Crippen molar-refractivity contribution >= 4 is 0 Å². The van der Waals surface area contributed by atoms with Crippen LogP contribution < -0.4 is 5.73 Å².